The number of likely N-dealkylation sites (tertiary alicyclic amines) is 1. The van der Waals surface area contributed by atoms with Gasteiger partial charge < -0.3 is 19.8 Å². The Morgan fingerprint density at radius 1 is 1.26 bits per heavy atom. The maximum atomic E-state index is 13.6. The second-order valence-electron chi connectivity index (χ2n) is 12.2. The Balaban J connectivity index is 1.35. The molecule has 202 valence electrons. The van der Waals surface area contributed by atoms with Crippen molar-refractivity contribution >= 4 is 5.91 Å². The fraction of sp³-hybridized carbons (Fsp3) is 0.531. The molecule has 2 aliphatic heterocycles. The number of likely N-dealkylation sites (N-methyl/N-ethyl adjacent to an activating group) is 1. The second kappa shape index (κ2) is 8.85. The van der Waals surface area contributed by atoms with Crippen LogP contribution in [0.1, 0.15) is 54.0 Å². The van der Waals surface area contributed by atoms with E-state index in [4.69, 9.17) is 4.74 Å². The molecule has 1 amide bonds. The van der Waals surface area contributed by atoms with Crippen molar-refractivity contribution in [3.8, 4) is 11.5 Å². The summed E-state index contributed by atoms with van der Waals surface area (Å²) in [4.78, 5) is 17.9. The topological polar surface area (TPSA) is 73.2 Å². The van der Waals surface area contributed by atoms with E-state index in [-0.39, 0.29) is 29.7 Å². The Kier molecular flexibility index (Phi) is 5.93. The number of ether oxygens (including phenoxy) is 1. The van der Waals surface area contributed by atoms with Gasteiger partial charge in [-0.1, -0.05) is 37.3 Å². The predicted molar refractivity (Wildman–Crippen MR) is 148 cm³/mol. The summed E-state index contributed by atoms with van der Waals surface area (Å²) in [5.41, 5.74) is 4.12. The lowest BCUT2D eigenvalue weighted by atomic mass is 9.46. The molecule has 2 aromatic carbocycles. The Morgan fingerprint density at radius 3 is 2.79 bits per heavy atom. The lowest BCUT2D eigenvalue weighted by Crippen LogP contribution is -2.79. The molecule has 4 aliphatic rings. The van der Waals surface area contributed by atoms with Gasteiger partial charge in [0.1, 0.15) is 6.10 Å². The molecule has 1 saturated heterocycles. The van der Waals surface area contributed by atoms with Crippen LogP contribution in [-0.2, 0) is 23.1 Å². The van der Waals surface area contributed by atoms with Crippen LogP contribution in [0.5, 0.6) is 11.5 Å². The first-order chi connectivity index (χ1) is 18.1. The van der Waals surface area contributed by atoms with Crippen LogP contribution in [0.3, 0.4) is 0 Å². The van der Waals surface area contributed by atoms with Gasteiger partial charge in [-0.3, -0.25) is 9.69 Å². The van der Waals surface area contributed by atoms with Gasteiger partial charge in [-0.2, -0.15) is 0 Å². The minimum Gasteiger partial charge on any atom is -0.504 e. The van der Waals surface area contributed by atoms with E-state index in [1.165, 1.54) is 16.7 Å². The van der Waals surface area contributed by atoms with Gasteiger partial charge in [0.05, 0.1) is 17.1 Å². The van der Waals surface area contributed by atoms with Crippen LogP contribution < -0.4 is 4.74 Å². The van der Waals surface area contributed by atoms with E-state index in [9.17, 15) is 15.0 Å². The van der Waals surface area contributed by atoms with Crippen molar-refractivity contribution in [2.24, 2.45) is 5.92 Å². The molecule has 1 saturated carbocycles. The SMILES string of the molecule is C=CCN1CC[C@]23c4c5ccc(O)c4OC2C(N(C)C(=O)CCc2ccc(C)c(C)c2)C(C)C[C@@]3(O)[C@H]1C5. The number of nitrogens with zero attached hydrogens (tertiary/aromatic N) is 2. The third kappa shape index (κ3) is 3.35. The molecule has 38 heavy (non-hydrogen) atoms. The van der Waals surface area contributed by atoms with Crippen LogP contribution in [0, 0.1) is 19.8 Å². The van der Waals surface area contributed by atoms with E-state index < -0.39 is 17.1 Å². The molecular formula is C32H40N2O4. The van der Waals surface area contributed by atoms with Gasteiger partial charge in [0.2, 0.25) is 5.91 Å². The second-order valence-corrected chi connectivity index (χ2v) is 12.2. The number of carbonyl (C=O) groups is 1. The van der Waals surface area contributed by atoms with Gasteiger partial charge in [-0.05, 0) is 80.3 Å². The number of rotatable bonds is 6. The summed E-state index contributed by atoms with van der Waals surface area (Å²) in [6.07, 6.45) is 4.63. The highest BCUT2D eigenvalue weighted by molar-refractivity contribution is 5.77. The number of hydrogen-bond acceptors (Lipinski definition) is 5. The van der Waals surface area contributed by atoms with Gasteiger partial charge in [0, 0.05) is 31.6 Å². The van der Waals surface area contributed by atoms with E-state index in [1.807, 2.05) is 24.1 Å². The number of carbonyl (C=O) groups excluding carboxylic acids is 1. The Hall–Kier alpha value is -2.83. The molecule has 6 atom stereocenters. The number of amides is 1. The van der Waals surface area contributed by atoms with Gasteiger partial charge in [-0.25, -0.2) is 0 Å². The van der Waals surface area contributed by atoms with Gasteiger partial charge in [0.15, 0.2) is 11.5 Å². The highest BCUT2D eigenvalue weighted by Crippen LogP contribution is 2.66. The standard InChI is InChI=1S/C32H40N2O4/c1-6-14-34-15-13-31-27-23-10-11-24(35)29(27)38-30(31)28(21(4)18-32(31,37)25(34)17-23)33(5)26(36)12-9-22-8-7-19(2)20(3)16-22/h6-8,10-11,16,21,25,28,30,35,37H,1,9,12-15,17-18H2,2-5H3/t21?,25-,28?,30?,31+,32-/m1/s1. The normalized spacial score (nSPS) is 32.9. The lowest BCUT2D eigenvalue weighted by molar-refractivity contribution is -0.210. The van der Waals surface area contributed by atoms with E-state index in [1.54, 1.807) is 6.07 Å². The average Bonchev–Trinajstić information content (AvgIpc) is 3.22. The number of benzene rings is 2. The predicted octanol–water partition coefficient (Wildman–Crippen LogP) is 4.05. The fourth-order valence-electron chi connectivity index (χ4n) is 8.40. The van der Waals surface area contributed by atoms with E-state index in [0.717, 1.165) is 30.6 Å². The number of aromatic hydroxyl groups is 1. The minimum atomic E-state index is -1.01. The summed E-state index contributed by atoms with van der Waals surface area (Å²) in [6.45, 7) is 11.8. The number of hydrogen-bond donors (Lipinski definition) is 2. The van der Waals surface area contributed by atoms with Crippen molar-refractivity contribution in [3.63, 3.8) is 0 Å². The van der Waals surface area contributed by atoms with Gasteiger partial charge in [0.25, 0.3) is 0 Å². The molecule has 2 fully saturated rings. The quantitative estimate of drug-likeness (QED) is 0.567. The highest BCUT2D eigenvalue weighted by Gasteiger charge is 2.74. The monoisotopic (exact) mass is 516 g/mol. The molecule has 6 nitrogen and oxygen atoms in total. The first-order valence-corrected chi connectivity index (χ1v) is 14.0. The van der Waals surface area contributed by atoms with Crippen LogP contribution in [0.25, 0.3) is 0 Å². The third-order valence-electron chi connectivity index (χ3n) is 10.3. The summed E-state index contributed by atoms with van der Waals surface area (Å²) >= 11 is 0. The number of aliphatic hydroxyl groups is 1. The van der Waals surface area contributed by atoms with Crippen molar-refractivity contribution < 1.29 is 19.7 Å². The average molecular weight is 517 g/mol. The first kappa shape index (κ1) is 25.4. The molecule has 0 aromatic heterocycles. The maximum Gasteiger partial charge on any atom is 0.223 e. The smallest absolute Gasteiger partial charge is 0.223 e. The Morgan fingerprint density at radius 2 is 2.05 bits per heavy atom. The molecule has 2 aliphatic carbocycles. The van der Waals surface area contributed by atoms with Gasteiger partial charge in [-0.15, -0.1) is 6.58 Å². The van der Waals surface area contributed by atoms with Crippen LogP contribution >= 0.6 is 0 Å². The summed E-state index contributed by atoms with van der Waals surface area (Å²) in [5, 5.41) is 23.5. The zero-order chi connectivity index (χ0) is 27.0. The van der Waals surface area contributed by atoms with Crippen LogP contribution in [0.2, 0.25) is 0 Å². The number of piperidine rings is 1. The van der Waals surface area contributed by atoms with Gasteiger partial charge >= 0.3 is 0 Å². The lowest BCUT2D eigenvalue weighted by Gasteiger charge is -2.65. The van der Waals surface area contributed by atoms with E-state index in [2.05, 4.69) is 50.4 Å². The zero-order valence-electron chi connectivity index (χ0n) is 23.0. The summed E-state index contributed by atoms with van der Waals surface area (Å²) in [5.74, 6) is 0.744. The molecule has 6 rings (SSSR count). The molecule has 6 heteroatoms. The minimum absolute atomic E-state index is 0.0258. The number of phenols is 1. The third-order valence-corrected chi connectivity index (χ3v) is 10.3. The van der Waals surface area contributed by atoms with E-state index in [0.29, 0.717) is 31.4 Å². The van der Waals surface area contributed by atoms with Crippen molar-refractivity contribution in [1.82, 2.24) is 9.80 Å². The first-order valence-electron chi connectivity index (χ1n) is 14.0. The summed E-state index contributed by atoms with van der Waals surface area (Å²) in [6, 6.07) is 9.86. The molecule has 3 unspecified atom stereocenters. The Labute approximate surface area is 225 Å². The fourth-order valence-corrected chi connectivity index (χ4v) is 8.40. The molecule has 1 spiro atoms. The van der Waals surface area contributed by atoms with E-state index >= 15 is 0 Å². The molecule has 2 heterocycles. The van der Waals surface area contributed by atoms with Crippen molar-refractivity contribution in [2.45, 2.75) is 82.1 Å². The zero-order valence-corrected chi connectivity index (χ0v) is 23.0. The van der Waals surface area contributed by atoms with Crippen LogP contribution in [0.15, 0.2) is 43.0 Å². The summed E-state index contributed by atoms with van der Waals surface area (Å²) < 4.78 is 6.67. The van der Waals surface area contributed by atoms with Crippen molar-refractivity contribution in [2.75, 3.05) is 20.1 Å². The number of aryl methyl sites for hydroxylation is 3. The molecule has 0 radical (unpaired) electrons. The summed E-state index contributed by atoms with van der Waals surface area (Å²) in [7, 11) is 1.89. The van der Waals surface area contributed by atoms with Crippen LogP contribution in [-0.4, -0.2) is 69.8 Å². The molecule has 2 N–H and O–H groups in total. The van der Waals surface area contributed by atoms with Crippen LogP contribution in [0.4, 0.5) is 0 Å². The highest BCUT2D eigenvalue weighted by atomic mass is 16.5. The van der Waals surface area contributed by atoms with Crippen molar-refractivity contribution in [3.05, 3.63) is 70.8 Å². The van der Waals surface area contributed by atoms with Crippen molar-refractivity contribution in [1.29, 1.82) is 0 Å². The molecule has 2 aromatic rings. The number of phenolic OH excluding ortho intramolecular Hbond substituents is 1. The molecular weight excluding hydrogens is 476 g/mol. The Bertz CT molecular complexity index is 1310. The largest absolute Gasteiger partial charge is 0.504 e. The molecule has 2 bridgehead atoms. The maximum absolute atomic E-state index is 13.6.